The lowest BCUT2D eigenvalue weighted by atomic mass is 9.86. The Morgan fingerprint density at radius 2 is 1.94 bits per heavy atom. The van der Waals surface area contributed by atoms with Crippen LogP contribution in [0.1, 0.15) is 59.8 Å². The van der Waals surface area contributed by atoms with Gasteiger partial charge in [-0.1, -0.05) is 18.2 Å². The molecule has 0 aliphatic carbocycles. The zero-order valence-electron chi connectivity index (χ0n) is 19.3. The molecule has 1 amide bonds. The predicted molar refractivity (Wildman–Crippen MR) is 132 cm³/mol. The van der Waals surface area contributed by atoms with Crippen LogP contribution >= 0.6 is 0 Å². The molecule has 0 saturated carbocycles. The van der Waals surface area contributed by atoms with Crippen molar-refractivity contribution < 1.29 is 4.79 Å². The van der Waals surface area contributed by atoms with Gasteiger partial charge in [0, 0.05) is 29.2 Å². The van der Waals surface area contributed by atoms with Gasteiger partial charge in [-0.3, -0.25) is 9.78 Å². The van der Waals surface area contributed by atoms with Gasteiger partial charge in [0.05, 0.1) is 23.4 Å². The van der Waals surface area contributed by atoms with Gasteiger partial charge < -0.3 is 16.0 Å². The number of aromatic nitrogens is 1. The fraction of sp³-hybridized carbons (Fsp3) is 0.296. The van der Waals surface area contributed by atoms with Gasteiger partial charge in [0.2, 0.25) is 0 Å². The summed E-state index contributed by atoms with van der Waals surface area (Å²) in [7, 11) is 0. The molecule has 1 atom stereocenters. The number of hydrogen-bond donors (Lipinski definition) is 3. The smallest absolute Gasteiger partial charge is 0.256 e. The van der Waals surface area contributed by atoms with Gasteiger partial charge >= 0.3 is 0 Å². The zero-order chi connectivity index (χ0) is 23.4. The molecular weight excluding hydrogens is 410 g/mol. The maximum Gasteiger partial charge on any atom is 0.256 e. The second kappa shape index (κ2) is 9.43. The van der Waals surface area contributed by atoms with Crippen LogP contribution in [0.25, 0.3) is 0 Å². The fourth-order valence-corrected chi connectivity index (χ4v) is 4.05. The standard InChI is InChI=1S/C27H29N5O/c1-18-9-10-22(31-21-7-4-6-20(13-21)27(2,3)17-28)14-24(18)26(33)32-23-12-19(15-29-16-23)25-8-5-11-30-25/h4,6-7,9-10,12-16,25,30-31H,5,8,11H2,1-3H3,(H,32,33). The molecule has 3 aromatic rings. The van der Waals surface area contributed by atoms with Crippen LogP contribution in [0, 0.1) is 18.3 Å². The molecule has 6 heteroatoms. The van der Waals surface area contributed by atoms with Crippen LogP contribution in [-0.2, 0) is 5.41 Å². The van der Waals surface area contributed by atoms with Gasteiger partial charge in [-0.05, 0) is 87.2 Å². The summed E-state index contributed by atoms with van der Waals surface area (Å²) in [5, 5.41) is 19.3. The number of carbonyl (C=O) groups is 1. The molecule has 1 aliphatic heterocycles. The summed E-state index contributed by atoms with van der Waals surface area (Å²) < 4.78 is 0. The van der Waals surface area contributed by atoms with E-state index in [2.05, 4.69) is 27.0 Å². The number of nitriles is 1. The largest absolute Gasteiger partial charge is 0.355 e. The minimum atomic E-state index is -0.577. The van der Waals surface area contributed by atoms with Crippen LogP contribution < -0.4 is 16.0 Å². The zero-order valence-corrected chi connectivity index (χ0v) is 19.3. The third-order valence-corrected chi connectivity index (χ3v) is 6.11. The summed E-state index contributed by atoms with van der Waals surface area (Å²) in [5.74, 6) is -0.172. The monoisotopic (exact) mass is 439 g/mol. The maximum absolute atomic E-state index is 13.1. The quantitative estimate of drug-likeness (QED) is 0.464. The first-order chi connectivity index (χ1) is 15.9. The molecule has 1 aromatic heterocycles. The van der Waals surface area contributed by atoms with Crippen LogP contribution in [0.15, 0.2) is 60.9 Å². The summed E-state index contributed by atoms with van der Waals surface area (Å²) in [6.45, 7) is 6.73. The summed E-state index contributed by atoms with van der Waals surface area (Å²) >= 11 is 0. The highest BCUT2D eigenvalue weighted by Crippen LogP contribution is 2.28. The predicted octanol–water partition coefficient (Wildman–Crippen LogP) is 5.61. The number of benzene rings is 2. The lowest BCUT2D eigenvalue weighted by Crippen LogP contribution is -2.16. The second-order valence-electron chi connectivity index (χ2n) is 9.08. The van der Waals surface area contributed by atoms with Crippen molar-refractivity contribution in [3.63, 3.8) is 0 Å². The fourth-order valence-electron chi connectivity index (χ4n) is 4.05. The molecule has 2 aromatic carbocycles. The Kier molecular flexibility index (Phi) is 6.43. The highest BCUT2D eigenvalue weighted by Gasteiger charge is 2.20. The molecule has 0 spiro atoms. The van der Waals surface area contributed by atoms with Crippen molar-refractivity contribution in [2.45, 2.75) is 45.1 Å². The number of pyridine rings is 1. The van der Waals surface area contributed by atoms with E-state index in [0.29, 0.717) is 17.3 Å². The number of carbonyl (C=O) groups excluding carboxylic acids is 1. The Bertz CT molecular complexity index is 1210. The van der Waals surface area contributed by atoms with Crippen molar-refractivity contribution in [1.29, 1.82) is 5.26 Å². The SMILES string of the molecule is Cc1ccc(Nc2cccc(C(C)(C)C#N)c2)cc1C(=O)Nc1cncc(C2CCCN2)c1. The normalized spacial score (nSPS) is 15.6. The number of rotatable bonds is 6. The molecule has 1 saturated heterocycles. The number of hydrogen-bond acceptors (Lipinski definition) is 5. The molecule has 1 aliphatic rings. The van der Waals surface area contributed by atoms with Crippen molar-refractivity contribution in [1.82, 2.24) is 10.3 Å². The Morgan fingerprint density at radius 3 is 2.70 bits per heavy atom. The third-order valence-electron chi connectivity index (χ3n) is 6.11. The van der Waals surface area contributed by atoms with E-state index < -0.39 is 5.41 Å². The summed E-state index contributed by atoms with van der Waals surface area (Å²) in [4.78, 5) is 17.4. The molecule has 0 bridgehead atoms. The maximum atomic E-state index is 13.1. The molecule has 33 heavy (non-hydrogen) atoms. The Labute approximate surface area is 195 Å². The minimum Gasteiger partial charge on any atom is -0.355 e. The Morgan fingerprint density at radius 1 is 1.12 bits per heavy atom. The number of amides is 1. The number of nitrogens with one attached hydrogen (secondary N) is 3. The van der Waals surface area contributed by atoms with Gasteiger partial charge in [-0.15, -0.1) is 0 Å². The molecule has 3 N–H and O–H groups in total. The first kappa shape index (κ1) is 22.5. The molecule has 6 nitrogen and oxygen atoms in total. The summed E-state index contributed by atoms with van der Waals surface area (Å²) in [6, 6.07) is 18.1. The van der Waals surface area contributed by atoms with E-state index in [0.717, 1.165) is 47.5 Å². The van der Waals surface area contributed by atoms with Gasteiger partial charge in [0.1, 0.15) is 0 Å². The van der Waals surface area contributed by atoms with Gasteiger partial charge in [0.15, 0.2) is 0 Å². The molecule has 0 radical (unpaired) electrons. The van der Waals surface area contributed by atoms with E-state index in [1.807, 2.05) is 75.5 Å². The van der Waals surface area contributed by atoms with Crippen molar-refractivity contribution in [3.8, 4) is 6.07 Å². The number of aryl methyl sites for hydroxylation is 1. The van der Waals surface area contributed by atoms with Crippen molar-refractivity contribution >= 4 is 23.0 Å². The molecule has 1 fully saturated rings. The van der Waals surface area contributed by atoms with E-state index in [1.165, 1.54) is 0 Å². The van der Waals surface area contributed by atoms with Crippen LogP contribution in [0.4, 0.5) is 17.1 Å². The lowest BCUT2D eigenvalue weighted by Gasteiger charge is -2.17. The van der Waals surface area contributed by atoms with Crippen LogP contribution in [0.2, 0.25) is 0 Å². The highest BCUT2D eigenvalue weighted by molar-refractivity contribution is 6.05. The second-order valence-corrected chi connectivity index (χ2v) is 9.08. The average Bonchev–Trinajstić information content (AvgIpc) is 3.36. The van der Waals surface area contributed by atoms with Gasteiger partial charge in [0.25, 0.3) is 5.91 Å². The molecule has 2 heterocycles. The van der Waals surface area contributed by atoms with Crippen LogP contribution in [0.3, 0.4) is 0 Å². The topological polar surface area (TPSA) is 89.8 Å². The van der Waals surface area contributed by atoms with Gasteiger partial charge in [-0.2, -0.15) is 5.26 Å². The van der Waals surface area contributed by atoms with E-state index in [-0.39, 0.29) is 5.91 Å². The minimum absolute atomic E-state index is 0.172. The average molecular weight is 440 g/mol. The molecule has 168 valence electrons. The molecular formula is C27H29N5O. The molecule has 4 rings (SSSR count). The van der Waals surface area contributed by atoms with E-state index in [1.54, 1.807) is 6.20 Å². The van der Waals surface area contributed by atoms with E-state index in [4.69, 9.17) is 0 Å². The molecule has 1 unspecified atom stereocenters. The third kappa shape index (κ3) is 5.21. The Balaban J connectivity index is 1.52. The summed E-state index contributed by atoms with van der Waals surface area (Å²) in [6.07, 6.45) is 5.77. The van der Waals surface area contributed by atoms with Gasteiger partial charge in [-0.25, -0.2) is 0 Å². The Hall–Kier alpha value is -3.69. The van der Waals surface area contributed by atoms with Crippen molar-refractivity contribution in [2.75, 3.05) is 17.2 Å². The first-order valence-corrected chi connectivity index (χ1v) is 11.2. The summed E-state index contributed by atoms with van der Waals surface area (Å²) in [5.41, 5.74) is 5.30. The van der Waals surface area contributed by atoms with Crippen LogP contribution in [-0.4, -0.2) is 17.4 Å². The van der Waals surface area contributed by atoms with E-state index in [9.17, 15) is 10.1 Å². The van der Waals surface area contributed by atoms with Crippen LogP contribution in [0.5, 0.6) is 0 Å². The van der Waals surface area contributed by atoms with E-state index >= 15 is 0 Å². The van der Waals surface area contributed by atoms with Crippen molar-refractivity contribution in [2.24, 2.45) is 0 Å². The number of anilines is 3. The lowest BCUT2D eigenvalue weighted by molar-refractivity contribution is 0.102. The highest BCUT2D eigenvalue weighted by atomic mass is 16.1. The first-order valence-electron chi connectivity index (χ1n) is 11.2. The van der Waals surface area contributed by atoms with Crippen molar-refractivity contribution in [3.05, 3.63) is 83.2 Å². The number of nitrogens with zero attached hydrogens (tertiary/aromatic N) is 2.